The minimum absolute atomic E-state index is 0.0973. The van der Waals surface area contributed by atoms with Crippen molar-refractivity contribution in [3.05, 3.63) is 53.9 Å². The molecule has 2 unspecified atom stereocenters. The van der Waals surface area contributed by atoms with Gasteiger partial charge in [-0.2, -0.15) is 5.10 Å². The monoisotopic (exact) mass is 388 g/mol. The summed E-state index contributed by atoms with van der Waals surface area (Å²) in [5.41, 5.74) is 4.72. The van der Waals surface area contributed by atoms with E-state index in [0.29, 0.717) is 11.6 Å². The van der Waals surface area contributed by atoms with E-state index in [-0.39, 0.29) is 16.7 Å². The van der Waals surface area contributed by atoms with Crippen LogP contribution in [-0.4, -0.2) is 38.0 Å². The van der Waals surface area contributed by atoms with Crippen LogP contribution in [0.15, 0.2) is 42.6 Å². The molecular formula is C24H28N4O. The first-order valence-electron chi connectivity index (χ1n) is 10.5. The second-order valence-corrected chi connectivity index (χ2v) is 10.1. The van der Waals surface area contributed by atoms with Crippen LogP contribution in [-0.2, 0) is 0 Å². The van der Waals surface area contributed by atoms with E-state index < -0.39 is 0 Å². The SMILES string of the molecule is Cc1c(C(=O)N2CC3(C)CC2CC(C)(C)C3)cnc2cc(-c3ccccc3)nn12. The van der Waals surface area contributed by atoms with Gasteiger partial charge < -0.3 is 4.90 Å². The molecule has 5 nitrogen and oxygen atoms in total. The average molecular weight is 389 g/mol. The Morgan fingerprint density at radius 1 is 1.14 bits per heavy atom. The Labute approximate surface area is 171 Å². The number of hydrogen-bond acceptors (Lipinski definition) is 3. The van der Waals surface area contributed by atoms with Crippen LogP contribution in [0.25, 0.3) is 16.9 Å². The zero-order valence-electron chi connectivity index (χ0n) is 17.6. The highest BCUT2D eigenvalue weighted by Crippen LogP contribution is 2.52. The summed E-state index contributed by atoms with van der Waals surface area (Å²) in [5, 5.41) is 4.74. The molecule has 1 aliphatic heterocycles. The highest BCUT2D eigenvalue weighted by Gasteiger charge is 2.51. The first-order valence-corrected chi connectivity index (χ1v) is 10.5. The lowest BCUT2D eigenvalue weighted by molar-refractivity contribution is 0.0706. The molecular weight excluding hydrogens is 360 g/mol. The van der Waals surface area contributed by atoms with Gasteiger partial charge in [0.15, 0.2) is 5.65 Å². The molecule has 3 heterocycles. The Morgan fingerprint density at radius 3 is 2.66 bits per heavy atom. The number of benzene rings is 1. The van der Waals surface area contributed by atoms with Gasteiger partial charge in [-0.05, 0) is 37.0 Å². The Morgan fingerprint density at radius 2 is 1.90 bits per heavy atom. The van der Waals surface area contributed by atoms with Crippen LogP contribution < -0.4 is 0 Å². The number of aromatic nitrogens is 3. The molecule has 3 aromatic rings. The van der Waals surface area contributed by atoms with E-state index in [2.05, 4.69) is 30.7 Å². The van der Waals surface area contributed by atoms with Crippen molar-refractivity contribution in [3.8, 4) is 11.3 Å². The van der Waals surface area contributed by atoms with Crippen molar-refractivity contribution in [1.29, 1.82) is 0 Å². The topological polar surface area (TPSA) is 50.5 Å². The molecule has 1 amide bonds. The van der Waals surface area contributed by atoms with Gasteiger partial charge in [0.05, 0.1) is 17.0 Å². The average Bonchev–Trinajstić information content (AvgIpc) is 3.20. The smallest absolute Gasteiger partial charge is 0.257 e. The number of rotatable bonds is 2. The van der Waals surface area contributed by atoms with Crippen molar-refractivity contribution < 1.29 is 4.79 Å². The van der Waals surface area contributed by atoms with Gasteiger partial charge in [-0.3, -0.25) is 4.79 Å². The Kier molecular flexibility index (Phi) is 3.89. The quantitative estimate of drug-likeness (QED) is 0.637. The number of nitrogens with zero attached hydrogens (tertiary/aromatic N) is 4. The first kappa shape index (κ1) is 18.3. The summed E-state index contributed by atoms with van der Waals surface area (Å²) < 4.78 is 1.81. The first-order chi connectivity index (χ1) is 13.7. The fraction of sp³-hybridized carbons (Fsp3) is 0.458. The second kappa shape index (κ2) is 6.15. The summed E-state index contributed by atoms with van der Waals surface area (Å²) in [6.07, 6.45) is 5.09. The standard InChI is InChI=1S/C24H28N4O/c1-16-19(22(29)27-15-24(4)12-18(27)11-23(2,3)14-24)13-25-21-10-20(26-28(16)21)17-8-6-5-7-9-17/h5-10,13,18H,11-12,14-15H2,1-4H3. The van der Waals surface area contributed by atoms with Crippen LogP contribution in [0.3, 0.4) is 0 Å². The fourth-order valence-corrected chi connectivity index (χ4v) is 5.86. The number of carbonyl (C=O) groups excluding carboxylic acids is 1. The molecule has 2 aliphatic rings. The highest BCUT2D eigenvalue weighted by atomic mass is 16.2. The third-order valence-electron chi connectivity index (χ3n) is 6.70. The zero-order valence-corrected chi connectivity index (χ0v) is 17.6. The molecule has 29 heavy (non-hydrogen) atoms. The molecule has 1 aromatic carbocycles. The Bertz CT molecular complexity index is 1100. The number of likely N-dealkylation sites (tertiary alicyclic amines) is 1. The molecule has 2 fully saturated rings. The summed E-state index contributed by atoms with van der Waals surface area (Å²) in [6, 6.07) is 12.4. The third-order valence-corrected chi connectivity index (χ3v) is 6.70. The minimum atomic E-state index is 0.0973. The van der Waals surface area contributed by atoms with E-state index >= 15 is 0 Å². The summed E-state index contributed by atoms with van der Waals surface area (Å²) in [7, 11) is 0. The van der Waals surface area contributed by atoms with Crippen molar-refractivity contribution in [2.45, 2.75) is 53.0 Å². The predicted molar refractivity (Wildman–Crippen MR) is 114 cm³/mol. The largest absolute Gasteiger partial charge is 0.335 e. The zero-order chi connectivity index (χ0) is 20.4. The summed E-state index contributed by atoms with van der Waals surface area (Å²) in [5.74, 6) is 0.0973. The van der Waals surface area contributed by atoms with Crippen LogP contribution in [0, 0.1) is 17.8 Å². The maximum absolute atomic E-state index is 13.5. The van der Waals surface area contributed by atoms with Gasteiger partial charge in [0.1, 0.15) is 0 Å². The molecule has 1 saturated carbocycles. The summed E-state index contributed by atoms with van der Waals surface area (Å²) >= 11 is 0. The van der Waals surface area contributed by atoms with Crippen LogP contribution in [0.1, 0.15) is 56.1 Å². The van der Waals surface area contributed by atoms with Crippen LogP contribution in [0.5, 0.6) is 0 Å². The minimum Gasteiger partial charge on any atom is -0.335 e. The molecule has 1 saturated heterocycles. The number of aryl methyl sites for hydroxylation is 1. The van der Waals surface area contributed by atoms with Gasteiger partial charge >= 0.3 is 0 Å². The molecule has 2 atom stereocenters. The van der Waals surface area contributed by atoms with Crippen molar-refractivity contribution in [1.82, 2.24) is 19.5 Å². The van der Waals surface area contributed by atoms with Crippen molar-refractivity contribution in [2.75, 3.05) is 6.54 Å². The Hall–Kier alpha value is -2.69. The lowest BCUT2D eigenvalue weighted by atomic mass is 9.65. The number of hydrogen-bond donors (Lipinski definition) is 0. The molecule has 2 aromatic heterocycles. The van der Waals surface area contributed by atoms with E-state index in [0.717, 1.165) is 42.0 Å². The molecule has 0 N–H and O–H groups in total. The van der Waals surface area contributed by atoms with Gasteiger partial charge in [-0.15, -0.1) is 0 Å². The summed E-state index contributed by atoms with van der Waals surface area (Å²) in [6.45, 7) is 9.81. The lowest BCUT2D eigenvalue weighted by Crippen LogP contribution is -2.38. The van der Waals surface area contributed by atoms with Gasteiger partial charge in [0.25, 0.3) is 5.91 Å². The van der Waals surface area contributed by atoms with Gasteiger partial charge in [-0.1, -0.05) is 51.1 Å². The molecule has 150 valence electrons. The van der Waals surface area contributed by atoms with E-state index in [9.17, 15) is 4.79 Å². The van der Waals surface area contributed by atoms with E-state index in [4.69, 9.17) is 5.10 Å². The van der Waals surface area contributed by atoms with Crippen molar-refractivity contribution in [3.63, 3.8) is 0 Å². The molecule has 1 aliphatic carbocycles. The summed E-state index contributed by atoms with van der Waals surface area (Å²) in [4.78, 5) is 20.2. The normalized spacial score (nSPS) is 25.5. The molecule has 0 spiro atoms. The lowest BCUT2D eigenvalue weighted by Gasteiger charge is -2.39. The maximum atomic E-state index is 13.5. The van der Waals surface area contributed by atoms with Crippen LogP contribution in [0.4, 0.5) is 0 Å². The Balaban J connectivity index is 1.51. The van der Waals surface area contributed by atoms with Crippen LogP contribution >= 0.6 is 0 Å². The fourth-order valence-electron chi connectivity index (χ4n) is 5.86. The number of carbonyl (C=O) groups is 1. The van der Waals surface area contributed by atoms with E-state index in [1.807, 2.05) is 47.8 Å². The van der Waals surface area contributed by atoms with E-state index in [1.165, 1.54) is 6.42 Å². The number of amides is 1. The van der Waals surface area contributed by atoms with Gasteiger partial charge in [0, 0.05) is 30.4 Å². The highest BCUT2D eigenvalue weighted by molar-refractivity contribution is 5.95. The van der Waals surface area contributed by atoms with Crippen molar-refractivity contribution in [2.24, 2.45) is 10.8 Å². The third kappa shape index (κ3) is 3.04. The van der Waals surface area contributed by atoms with Gasteiger partial charge in [0.2, 0.25) is 0 Å². The predicted octanol–water partition coefficient (Wildman–Crippen LogP) is 4.75. The van der Waals surface area contributed by atoms with Crippen molar-refractivity contribution >= 4 is 11.6 Å². The molecule has 0 radical (unpaired) electrons. The van der Waals surface area contributed by atoms with Gasteiger partial charge in [-0.25, -0.2) is 9.50 Å². The number of fused-ring (bicyclic) bond motifs is 3. The van der Waals surface area contributed by atoms with E-state index in [1.54, 1.807) is 6.20 Å². The van der Waals surface area contributed by atoms with Crippen LogP contribution in [0.2, 0.25) is 0 Å². The second-order valence-electron chi connectivity index (χ2n) is 10.1. The molecule has 5 rings (SSSR count). The molecule has 5 heteroatoms. The molecule has 2 bridgehead atoms. The maximum Gasteiger partial charge on any atom is 0.257 e.